The molecule has 0 saturated carbocycles. The van der Waals surface area contributed by atoms with Gasteiger partial charge in [-0.25, -0.2) is 0 Å². The van der Waals surface area contributed by atoms with Crippen LogP contribution in [0.25, 0.3) is 0 Å². The number of fused-ring (bicyclic) bond motifs is 1. The molecule has 1 N–H and O–H groups in total. The van der Waals surface area contributed by atoms with E-state index in [1.54, 1.807) is 0 Å². The highest BCUT2D eigenvalue weighted by Crippen LogP contribution is 2.34. The van der Waals surface area contributed by atoms with E-state index >= 15 is 0 Å². The first-order chi connectivity index (χ1) is 17.5. The van der Waals surface area contributed by atoms with Crippen molar-refractivity contribution < 1.29 is 23.9 Å². The number of nitrogens with zero attached hydrogens (tertiary/aromatic N) is 2. The SMILES string of the molecule is CCCN1C[C@H](COc2ccc3c(c2)C(=O)NC3)[C@H](c2ccc(OCCN3C(=O)CCC3=O)cc2)C1. The summed E-state index contributed by atoms with van der Waals surface area (Å²) in [5.74, 6) is 1.86. The summed E-state index contributed by atoms with van der Waals surface area (Å²) in [6, 6.07) is 13.9. The van der Waals surface area contributed by atoms with Crippen molar-refractivity contribution in [2.24, 2.45) is 5.92 Å². The van der Waals surface area contributed by atoms with Gasteiger partial charge in [-0.1, -0.05) is 25.1 Å². The van der Waals surface area contributed by atoms with Crippen LogP contribution >= 0.6 is 0 Å². The molecule has 36 heavy (non-hydrogen) atoms. The van der Waals surface area contributed by atoms with Gasteiger partial charge in [0.2, 0.25) is 11.8 Å². The van der Waals surface area contributed by atoms with Gasteiger partial charge in [0.25, 0.3) is 5.91 Å². The first-order valence-corrected chi connectivity index (χ1v) is 12.8. The van der Waals surface area contributed by atoms with E-state index in [9.17, 15) is 14.4 Å². The molecular weight excluding hydrogens is 458 g/mol. The lowest BCUT2D eigenvalue weighted by Crippen LogP contribution is -2.33. The quantitative estimate of drug-likeness (QED) is 0.514. The number of likely N-dealkylation sites (tertiary alicyclic amines) is 2. The Morgan fingerprint density at radius 2 is 1.67 bits per heavy atom. The zero-order valence-electron chi connectivity index (χ0n) is 20.7. The van der Waals surface area contributed by atoms with Crippen molar-refractivity contribution in [3.05, 3.63) is 59.2 Å². The van der Waals surface area contributed by atoms with Gasteiger partial charge >= 0.3 is 0 Å². The molecule has 3 heterocycles. The Morgan fingerprint density at radius 3 is 2.42 bits per heavy atom. The summed E-state index contributed by atoms with van der Waals surface area (Å²) in [4.78, 5) is 39.3. The van der Waals surface area contributed by atoms with Crippen molar-refractivity contribution in [2.45, 2.75) is 38.6 Å². The Balaban J connectivity index is 1.20. The number of nitrogens with one attached hydrogen (secondary N) is 1. The van der Waals surface area contributed by atoms with Crippen molar-refractivity contribution in [1.82, 2.24) is 15.1 Å². The van der Waals surface area contributed by atoms with Gasteiger partial charge in [0.05, 0.1) is 13.2 Å². The average molecular weight is 492 g/mol. The fourth-order valence-electron chi connectivity index (χ4n) is 5.43. The van der Waals surface area contributed by atoms with Crippen LogP contribution < -0.4 is 14.8 Å². The Labute approximate surface area is 211 Å². The maximum atomic E-state index is 12.0. The van der Waals surface area contributed by atoms with Crippen LogP contribution in [0.4, 0.5) is 0 Å². The monoisotopic (exact) mass is 491 g/mol. The van der Waals surface area contributed by atoms with E-state index in [0.717, 1.165) is 43.1 Å². The van der Waals surface area contributed by atoms with Crippen LogP contribution in [0.2, 0.25) is 0 Å². The molecule has 190 valence electrons. The summed E-state index contributed by atoms with van der Waals surface area (Å²) < 4.78 is 12.0. The molecule has 2 atom stereocenters. The van der Waals surface area contributed by atoms with Crippen LogP contribution in [0.1, 0.15) is 53.6 Å². The third kappa shape index (κ3) is 5.23. The number of imide groups is 1. The molecule has 3 aliphatic heterocycles. The van der Waals surface area contributed by atoms with Crippen LogP contribution in [0.15, 0.2) is 42.5 Å². The molecule has 2 fully saturated rings. The number of amides is 3. The number of rotatable bonds is 10. The normalized spacial score (nSPS) is 21.7. The topological polar surface area (TPSA) is 88.2 Å². The van der Waals surface area contributed by atoms with Crippen LogP contribution in [-0.4, -0.2) is 66.9 Å². The molecule has 3 aliphatic rings. The summed E-state index contributed by atoms with van der Waals surface area (Å²) in [6.45, 7) is 6.96. The van der Waals surface area contributed by atoms with E-state index in [1.165, 1.54) is 10.5 Å². The molecular formula is C28H33N3O5. The molecule has 5 rings (SSSR count). The molecule has 3 amide bonds. The van der Waals surface area contributed by atoms with Crippen molar-refractivity contribution in [3.63, 3.8) is 0 Å². The lowest BCUT2D eigenvalue weighted by Gasteiger charge is -2.20. The summed E-state index contributed by atoms with van der Waals surface area (Å²) in [6.07, 6.45) is 1.71. The lowest BCUT2D eigenvalue weighted by atomic mass is 9.89. The van der Waals surface area contributed by atoms with E-state index in [-0.39, 0.29) is 24.3 Å². The smallest absolute Gasteiger partial charge is 0.252 e. The minimum atomic E-state index is -0.117. The van der Waals surface area contributed by atoms with Gasteiger partial charge in [0.15, 0.2) is 0 Å². The second kappa shape index (κ2) is 10.7. The Morgan fingerprint density at radius 1 is 0.917 bits per heavy atom. The number of ether oxygens (including phenoxy) is 2. The molecule has 0 aliphatic carbocycles. The minimum absolute atomic E-state index is 0.0377. The highest BCUT2D eigenvalue weighted by atomic mass is 16.5. The van der Waals surface area contributed by atoms with E-state index in [2.05, 4.69) is 29.3 Å². The zero-order valence-corrected chi connectivity index (χ0v) is 20.7. The Kier molecular flexibility index (Phi) is 7.23. The largest absolute Gasteiger partial charge is 0.493 e. The van der Waals surface area contributed by atoms with Crippen molar-refractivity contribution >= 4 is 17.7 Å². The predicted molar refractivity (Wildman–Crippen MR) is 134 cm³/mol. The first kappa shape index (κ1) is 24.3. The van der Waals surface area contributed by atoms with Gasteiger partial charge in [-0.2, -0.15) is 0 Å². The van der Waals surface area contributed by atoms with Crippen molar-refractivity contribution in [1.29, 1.82) is 0 Å². The Hall–Kier alpha value is -3.39. The maximum Gasteiger partial charge on any atom is 0.252 e. The van der Waals surface area contributed by atoms with Gasteiger partial charge in [0, 0.05) is 49.9 Å². The number of hydrogen-bond acceptors (Lipinski definition) is 6. The van der Waals surface area contributed by atoms with Crippen LogP contribution in [0.3, 0.4) is 0 Å². The molecule has 2 aromatic rings. The molecule has 0 unspecified atom stereocenters. The number of carbonyl (C=O) groups is 3. The van der Waals surface area contributed by atoms with Crippen molar-refractivity contribution in [2.75, 3.05) is 39.4 Å². The first-order valence-electron chi connectivity index (χ1n) is 12.8. The van der Waals surface area contributed by atoms with Gasteiger partial charge < -0.3 is 19.7 Å². The molecule has 8 nitrogen and oxygen atoms in total. The standard InChI is InChI=1S/C28H33N3O5/c1-2-11-30-16-21(18-36-23-8-5-20-15-29-28(34)24(20)14-23)25(17-30)19-3-6-22(7-4-19)35-13-12-31-26(32)9-10-27(31)33/h3-8,14,21,25H,2,9-13,15-18H2,1H3,(H,29,34)/t21-,25+/m1/s1. The predicted octanol–water partition coefficient (Wildman–Crippen LogP) is 2.96. The average Bonchev–Trinajstić information content (AvgIpc) is 3.56. The van der Waals surface area contributed by atoms with Crippen LogP contribution in [0.5, 0.6) is 11.5 Å². The van der Waals surface area contributed by atoms with E-state index in [4.69, 9.17) is 9.47 Å². The highest BCUT2D eigenvalue weighted by Gasteiger charge is 2.34. The maximum absolute atomic E-state index is 12.0. The van der Waals surface area contributed by atoms with Gasteiger partial charge in [0.1, 0.15) is 18.1 Å². The second-order valence-corrected chi connectivity index (χ2v) is 9.80. The van der Waals surface area contributed by atoms with E-state index in [1.807, 2.05) is 30.3 Å². The molecule has 0 bridgehead atoms. The summed E-state index contributed by atoms with van der Waals surface area (Å²) in [5, 5.41) is 2.85. The van der Waals surface area contributed by atoms with E-state index < -0.39 is 0 Å². The number of carbonyl (C=O) groups excluding carboxylic acids is 3. The third-order valence-electron chi connectivity index (χ3n) is 7.33. The molecule has 8 heteroatoms. The molecule has 0 aromatic heterocycles. The lowest BCUT2D eigenvalue weighted by molar-refractivity contribution is -0.138. The fraction of sp³-hybridized carbons (Fsp3) is 0.464. The highest BCUT2D eigenvalue weighted by molar-refractivity contribution is 6.01. The minimum Gasteiger partial charge on any atom is -0.493 e. The molecule has 0 radical (unpaired) electrons. The van der Waals surface area contributed by atoms with Gasteiger partial charge in [-0.05, 0) is 48.4 Å². The molecule has 0 spiro atoms. The summed E-state index contributed by atoms with van der Waals surface area (Å²) in [7, 11) is 0. The number of benzene rings is 2. The summed E-state index contributed by atoms with van der Waals surface area (Å²) in [5.41, 5.74) is 2.96. The van der Waals surface area contributed by atoms with Crippen LogP contribution in [0, 0.1) is 5.92 Å². The Bertz CT molecular complexity index is 1120. The van der Waals surface area contributed by atoms with E-state index in [0.29, 0.717) is 50.0 Å². The van der Waals surface area contributed by atoms with Gasteiger partial charge in [-0.3, -0.25) is 19.3 Å². The second-order valence-electron chi connectivity index (χ2n) is 9.80. The summed E-state index contributed by atoms with van der Waals surface area (Å²) >= 11 is 0. The third-order valence-corrected chi connectivity index (χ3v) is 7.33. The van der Waals surface area contributed by atoms with Crippen LogP contribution in [-0.2, 0) is 16.1 Å². The van der Waals surface area contributed by atoms with Gasteiger partial charge in [-0.15, -0.1) is 0 Å². The zero-order chi connectivity index (χ0) is 25.1. The fourth-order valence-corrected chi connectivity index (χ4v) is 5.43. The molecule has 2 aromatic carbocycles. The molecule has 2 saturated heterocycles. The number of hydrogen-bond donors (Lipinski definition) is 1. The van der Waals surface area contributed by atoms with Crippen molar-refractivity contribution in [3.8, 4) is 11.5 Å².